The highest BCUT2D eigenvalue weighted by Gasteiger charge is 2.29. The molecule has 4 aromatic heterocycles. The number of nitrogens with zero attached hydrogens (tertiary/aromatic N) is 2. The Labute approximate surface area is 512 Å². The highest BCUT2D eigenvalue weighted by molar-refractivity contribution is 9.10. The van der Waals surface area contributed by atoms with Gasteiger partial charge in [-0.3, -0.25) is 18.2 Å². The summed E-state index contributed by atoms with van der Waals surface area (Å²) >= 11 is 3.73. The fourth-order valence-corrected chi connectivity index (χ4v) is 11.8. The van der Waals surface area contributed by atoms with Crippen molar-refractivity contribution in [3.05, 3.63) is 203 Å². The summed E-state index contributed by atoms with van der Waals surface area (Å²) in [5.41, 5.74) is 11.2. The van der Waals surface area contributed by atoms with Crippen LogP contribution in [0.2, 0.25) is 0 Å². The second kappa shape index (κ2) is 25.7. The van der Waals surface area contributed by atoms with E-state index in [9.17, 15) is 35.2 Å². The van der Waals surface area contributed by atoms with E-state index < -0.39 is 31.7 Å². The molecule has 0 unspecified atom stereocenters. The molecule has 446 valence electrons. The van der Waals surface area contributed by atoms with Gasteiger partial charge >= 0.3 is 0 Å². The van der Waals surface area contributed by atoms with Crippen LogP contribution in [0.4, 0.5) is 20.2 Å². The molecule has 87 heavy (non-hydrogen) atoms. The fourth-order valence-electron chi connectivity index (χ4n) is 10.1. The van der Waals surface area contributed by atoms with Gasteiger partial charge in [-0.1, -0.05) is 100 Å². The first-order valence-corrected chi connectivity index (χ1v) is 32.3. The number of hydrogen-bond donors (Lipinski definition) is 4. The molecule has 0 aliphatic heterocycles. The number of para-hydroxylation sites is 2. The molecule has 0 spiro atoms. The van der Waals surface area contributed by atoms with E-state index in [2.05, 4.69) is 42.6 Å². The second-order valence-corrected chi connectivity index (χ2v) is 24.6. The number of amides is 2. The first kappa shape index (κ1) is 62.2. The summed E-state index contributed by atoms with van der Waals surface area (Å²) in [7, 11) is -1.33. The van der Waals surface area contributed by atoms with Crippen LogP contribution in [0.1, 0.15) is 48.4 Å². The zero-order valence-corrected chi connectivity index (χ0v) is 52.6. The van der Waals surface area contributed by atoms with E-state index in [1.54, 1.807) is 24.3 Å². The maximum Gasteiger partial charge on any atom is 0.255 e. The number of H-pyrrole nitrogens is 2. The number of furan rings is 2. The van der Waals surface area contributed by atoms with Gasteiger partial charge in [0.15, 0.2) is 0 Å². The lowest BCUT2D eigenvalue weighted by atomic mass is 9.96. The van der Waals surface area contributed by atoms with Crippen molar-refractivity contribution in [1.29, 1.82) is 0 Å². The number of anilines is 2. The Bertz CT molecular complexity index is 4750. The molecule has 0 saturated carbocycles. The number of aromatic amines is 2. The molecule has 19 heteroatoms. The van der Waals surface area contributed by atoms with Gasteiger partial charge in [0.05, 0.1) is 45.2 Å². The summed E-state index contributed by atoms with van der Waals surface area (Å²) < 4.78 is 93.9. The Morgan fingerprint density at radius 1 is 0.483 bits per heavy atom. The van der Waals surface area contributed by atoms with Crippen LogP contribution >= 0.6 is 15.9 Å². The molecule has 4 heterocycles. The number of carbonyl (C=O) groups excluding carboxylic acids is 2. The summed E-state index contributed by atoms with van der Waals surface area (Å²) in [6, 6.07) is 51.6. The van der Waals surface area contributed by atoms with Gasteiger partial charge < -0.3 is 29.4 Å². The summed E-state index contributed by atoms with van der Waals surface area (Å²) in [5.74, 6) is -1.09. The Hall–Kier alpha value is -9.30. The molecule has 0 fully saturated rings. The normalized spacial score (nSPS) is 11.3. The summed E-state index contributed by atoms with van der Waals surface area (Å²) in [5, 5.41) is 8.44. The maximum absolute atomic E-state index is 13.7. The number of sulfonamides is 2. The van der Waals surface area contributed by atoms with Crippen LogP contribution in [0.15, 0.2) is 189 Å². The van der Waals surface area contributed by atoms with Crippen LogP contribution in [0, 0.1) is 11.6 Å². The molecule has 2 amide bonds. The largest absolute Gasteiger partial charge is 0.455 e. The minimum absolute atomic E-state index is 0.255. The molecule has 0 radical (unpaired) electrons. The highest BCUT2D eigenvalue weighted by atomic mass is 79.9. The molecule has 12 aromatic rings. The van der Waals surface area contributed by atoms with Gasteiger partial charge in [-0.15, -0.1) is 0 Å². The zero-order valence-electron chi connectivity index (χ0n) is 49.4. The van der Waals surface area contributed by atoms with E-state index in [0.717, 1.165) is 72.4 Å². The highest BCUT2D eigenvalue weighted by Crippen LogP contribution is 2.45. The van der Waals surface area contributed by atoms with Crippen molar-refractivity contribution in [2.75, 3.05) is 49.3 Å². The number of hydrogen-bond acceptors (Lipinski definition) is 8. The van der Waals surface area contributed by atoms with Gasteiger partial charge in [0.1, 0.15) is 34.3 Å². The molecule has 0 atom stereocenters. The van der Waals surface area contributed by atoms with Crippen molar-refractivity contribution < 1.29 is 44.0 Å². The van der Waals surface area contributed by atoms with Crippen LogP contribution in [0.5, 0.6) is 0 Å². The average Bonchev–Trinajstić information content (AvgIpc) is 2.15. The lowest BCUT2D eigenvalue weighted by Crippen LogP contribution is -2.25. The van der Waals surface area contributed by atoms with E-state index in [-0.39, 0.29) is 34.5 Å². The van der Waals surface area contributed by atoms with Gasteiger partial charge in [0.25, 0.3) is 11.8 Å². The first-order chi connectivity index (χ1) is 41.7. The number of aromatic nitrogens is 2. The van der Waals surface area contributed by atoms with E-state index in [4.69, 9.17) is 8.83 Å². The average molecular weight is 1270 g/mol. The maximum atomic E-state index is 13.7. The molecule has 8 aromatic carbocycles. The number of benzene rings is 8. The summed E-state index contributed by atoms with van der Waals surface area (Å²) in [4.78, 5) is 33.2. The predicted octanol–water partition coefficient (Wildman–Crippen LogP) is 16.4. The van der Waals surface area contributed by atoms with Crippen molar-refractivity contribution in [2.24, 2.45) is 0 Å². The SMILES string of the molecule is CC.CC.CNC(=O)c1c(-c2ccc(F)cc2)oc2cc(N(C)S(C)(=O)=O)c(-c3cccc(-c4[nH]c5ccccc5c4Br)c3)cc12.CNC(=O)c1c(-c2ccc(F)cc2)oc2cc(N(C)S(C)(=O)=O)c(-c3cccc(-c4cc5ccccc5[nH]4)c3)cc12. The molecule has 4 N–H and O–H groups in total. The third-order valence-corrected chi connectivity index (χ3v) is 17.7. The van der Waals surface area contributed by atoms with Gasteiger partial charge in [0.2, 0.25) is 20.0 Å². The Balaban J connectivity index is 0.000000196. The fraction of sp³-hybridized carbons (Fsp3) is 0.147. The lowest BCUT2D eigenvalue weighted by molar-refractivity contribution is 0.0956. The zero-order chi connectivity index (χ0) is 62.6. The molecule has 14 nitrogen and oxygen atoms in total. The minimum Gasteiger partial charge on any atom is -0.455 e. The van der Waals surface area contributed by atoms with Crippen LogP contribution in [0.3, 0.4) is 0 Å². The Kier molecular flexibility index (Phi) is 18.4. The van der Waals surface area contributed by atoms with Gasteiger partial charge in [-0.2, -0.15) is 0 Å². The number of rotatable bonds is 12. The molecule has 0 bridgehead atoms. The molecular weight excluding hydrogens is 1210 g/mol. The van der Waals surface area contributed by atoms with Crippen molar-refractivity contribution in [2.45, 2.75) is 27.7 Å². The quantitative estimate of drug-likeness (QED) is 0.0929. The van der Waals surface area contributed by atoms with E-state index in [0.29, 0.717) is 55.6 Å². The van der Waals surface area contributed by atoms with Crippen molar-refractivity contribution in [3.63, 3.8) is 0 Å². The smallest absolute Gasteiger partial charge is 0.255 e. The number of fused-ring (bicyclic) bond motifs is 4. The number of carbonyl (C=O) groups is 2. The van der Waals surface area contributed by atoms with E-state index >= 15 is 0 Å². The third kappa shape index (κ3) is 12.5. The number of nitrogens with one attached hydrogen (secondary N) is 4. The Morgan fingerprint density at radius 3 is 1.36 bits per heavy atom. The minimum atomic E-state index is -3.67. The standard InChI is InChI=1S/C32H25BrFN3O4S.C32H26FN3O4S.2C2H6/c1-35-32(38)28-24-16-23(19-7-6-8-20(15-19)30-29(33)22-9-4-5-10-25(22)36-30)26(37(2)42(3,39)40)17-27(24)41-31(28)18-11-13-21(34)14-12-18;1-34-32(37)30-25-17-24(20-8-6-9-21(15-20)27-16-22-7-4-5-10-26(22)35-27)28(36(2)41(3,38)39)18-29(25)40-31(30)19-11-13-23(33)14-12-19;2*1-2/h4-17,36H,1-3H3,(H,35,38);4-18,35H,1-3H3,(H,34,37);2*1-2H3. The summed E-state index contributed by atoms with van der Waals surface area (Å²) in [6.07, 6.45) is 2.25. The van der Waals surface area contributed by atoms with Gasteiger partial charge in [-0.05, 0) is 129 Å². The van der Waals surface area contributed by atoms with Crippen LogP contribution in [-0.4, -0.2) is 79.3 Å². The topological polar surface area (TPSA) is 191 Å². The molecule has 0 aliphatic rings. The molecule has 0 aliphatic carbocycles. The van der Waals surface area contributed by atoms with Crippen molar-refractivity contribution in [3.8, 4) is 67.4 Å². The second-order valence-electron chi connectivity index (χ2n) is 19.8. The third-order valence-electron chi connectivity index (χ3n) is 14.5. The van der Waals surface area contributed by atoms with E-state index in [1.165, 1.54) is 85.3 Å². The van der Waals surface area contributed by atoms with Gasteiger partial charge in [-0.25, -0.2) is 25.6 Å². The van der Waals surface area contributed by atoms with E-state index in [1.807, 2.05) is 125 Å². The lowest BCUT2D eigenvalue weighted by Gasteiger charge is -2.21. The van der Waals surface area contributed by atoms with Crippen LogP contribution in [-0.2, 0) is 20.0 Å². The first-order valence-electron chi connectivity index (χ1n) is 27.8. The number of halogens is 3. The van der Waals surface area contributed by atoms with Crippen molar-refractivity contribution in [1.82, 2.24) is 20.6 Å². The molecule has 0 saturated heterocycles. The van der Waals surface area contributed by atoms with Gasteiger partial charge in [0, 0.05) is 101 Å². The van der Waals surface area contributed by atoms with Crippen LogP contribution < -0.4 is 19.2 Å². The monoisotopic (exact) mass is 1270 g/mol. The summed E-state index contributed by atoms with van der Waals surface area (Å²) in [6.45, 7) is 8.00. The van der Waals surface area contributed by atoms with Crippen molar-refractivity contribution >= 4 is 103 Å². The Morgan fingerprint density at radius 2 is 0.908 bits per heavy atom. The predicted molar refractivity (Wildman–Crippen MR) is 352 cm³/mol. The van der Waals surface area contributed by atoms with Crippen LogP contribution in [0.25, 0.3) is 111 Å². The molecule has 12 rings (SSSR count). The molecular formula is C68H63BrF2N6O8S2.